The molecule has 19 heavy (non-hydrogen) atoms. The Hall–Kier alpha value is -0.0800. The van der Waals surface area contributed by atoms with Crippen molar-refractivity contribution in [1.29, 1.82) is 0 Å². The number of hydrogen-bond donors (Lipinski definition) is 1. The van der Waals surface area contributed by atoms with Gasteiger partial charge in [0.2, 0.25) is 0 Å². The molecule has 0 heterocycles. The van der Waals surface area contributed by atoms with Crippen LogP contribution in [0.4, 0.5) is 0 Å². The summed E-state index contributed by atoms with van der Waals surface area (Å²) in [5.41, 5.74) is 0.376. The summed E-state index contributed by atoms with van der Waals surface area (Å²) in [6.07, 6.45) is 11.0. The molecule has 0 saturated heterocycles. The molecule has 2 unspecified atom stereocenters. The van der Waals surface area contributed by atoms with E-state index in [1.165, 1.54) is 51.4 Å². The van der Waals surface area contributed by atoms with E-state index in [1.807, 2.05) is 0 Å². The van der Waals surface area contributed by atoms with Gasteiger partial charge in [-0.15, -0.1) is 0 Å². The molecule has 1 aliphatic rings. The average Bonchev–Trinajstić information content (AvgIpc) is 2.62. The van der Waals surface area contributed by atoms with E-state index in [2.05, 4.69) is 45.1 Å². The Kier molecular flexibility index (Phi) is 7.38. The summed E-state index contributed by atoms with van der Waals surface area (Å²) in [5.74, 6) is 0.769. The maximum Gasteiger partial charge on any atom is 0.0359 e. The summed E-state index contributed by atoms with van der Waals surface area (Å²) in [5, 5.41) is 3.85. The number of nitrogens with zero attached hydrogens (tertiary/aromatic N) is 1. The monoisotopic (exact) mass is 268 g/mol. The first-order valence-corrected chi connectivity index (χ1v) is 8.49. The third-order valence-corrected chi connectivity index (χ3v) is 5.18. The average molecular weight is 268 g/mol. The van der Waals surface area contributed by atoms with Crippen LogP contribution in [-0.2, 0) is 0 Å². The molecule has 2 atom stereocenters. The van der Waals surface area contributed by atoms with Crippen molar-refractivity contribution < 1.29 is 0 Å². The highest BCUT2D eigenvalue weighted by atomic mass is 15.2. The van der Waals surface area contributed by atoms with Gasteiger partial charge in [-0.25, -0.2) is 0 Å². The van der Waals surface area contributed by atoms with Crippen LogP contribution in [-0.4, -0.2) is 37.1 Å². The van der Waals surface area contributed by atoms with Crippen molar-refractivity contribution in [3.8, 4) is 0 Å². The zero-order valence-electron chi connectivity index (χ0n) is 14.0. The van der Waals surface area contributed by atoms with E-state index in [9.17, 15) is 0 Å². The van der Waals surface area contributed by atoms with Gasteiger partial charge in [0, 0.05) is 11.6 Å². The van der Waals surface area contributed by atoms with Crippen molar-refractivity contribution >= 4 is 0 Å². The number of rotatable bonds is 7. The first-order valence-electron chi connectivity index (χ1n) is 8.49. The van der Waals surface area contributed by atoms with E-state index in [0.717, 1.165) is 12.5 Å². The van der Waals surface area contributed by atoms with Crippen LogP contribution >= 0.6 is 0 Å². The fraction of sp³-hybridized carbons (Fsp3) is 1.00. The van der Waals surface area contributed by atoms with Crippen LogP contribution in [0.3, 0.4) is 0 Å². The van der Waals surface area contributed by atoms with Crippen molar-refractivity contribution in [2.24, 2.45) is 5.92 Å². The molecular formula is C17H36N2. The quantitative estimate of drug-likeness (QED) is 0.701. The summed E-state index contributed by atoms with van der Waals surface area (Å²) in [7, 11) is 4.60. The lowest BCUT2D eigenvalue weighted by Crippen LogP contribution is -2.61. The molecule has 0 spiro atoms. The minimum Gasteiger partial charge on any atom is -0.312 e. The number of likely N-dealkylation sites (N-methyl/N-ethyl adjacent to an activating group) is 2. The first kappa shape index (κ1) is 17.0. The Morgan fingerprint density at radius 3 is 2.05 bits per heavy atom. The smallest absolute Gasteiger partial charge is 0.0359 e. The van der Waals surface area contributed by atoms with Gasteiger partial charge in [-0.1, -0.05) is 52.9 Å². The molecule has 0 aliphatic heterocycles. The SMILES string of the molecule is CCCC(C)C(NCC)C1(N(C)C)CCCCCC1. The second-order valence-corrected chi connectivity index (χ2v) is 6.71. The highest BCUT2D eigenvalue weighted by Crippen LogP contribution is 2.37. The van der Waals surface area contributed by atoms with Gasteiger partial charge in [-0.2, -0.15) is 0 Å². The summed E-state index contributed by atoms with van der Waals surface area (Å²) in [6, 6.07) is 0.644. The van der Waals surface area contributed by atoms with Gasteiger partial charge < -0.3 is 10.2 Å². The van der Waals surface area contributed by atoms with Crippen LogP contribution in [0.15, 0.2) is 0 Å². The summed E-state index contributed by atoms with van der Waals surface area (Å²) in [6.45, 7) is 8.11. The van der Waals surface area contributed by atoms with Crippen LogP contribution in [0.25, 0.3) is 0 Å². The molecule has 0 aromatic heterocycles. The maximum atomic E-state index is 3.85. The fourth-order valence-corrected chi connectivity index (χ4v) is 4.14. The van der Waals surface area contributed by atoms with E-state index >= 15 is 0 Å². The van der Waals surface area contributed by atoms with Crippen LogP contribution in [0.2, 0.25) is 0 Å². The molecule has 2 nitrogen and oxygen atoms in total. The normalized spacial score (nSPS) is 23.1. The topological polar surface area (TPSA) is 15.3 Å². The summed E-state index contributed by atoms with van der Waals surface area (Å²) in [4.78, 5) is 2.54. The Labute approximate surface area is 121 Å². The van der Waals surface area contributed by atoms with Gasteiger partial charge in [0.15, 0.2) is 0 Å². The summed E-state index contributed by atoms with van der Waals surface area (Å²) >= 11 is 0. The van der Waals surface area contributed by atoms with Crippen LogP contribution in [0.1, 0.15) is 72.1 Å². The van der Waals surface area contributed by atoms with Crippen molar-refractivity contribution in [3.63, 3.8) is 0 Å². The second-order valence-electron chi connectivity index (χ2n) is 6.71. The highest BCUT2D eigenvalue weighted by Gasteiger charge is 2.42. The van der Waals surface area contributed by atoms with Crippen LogP contribution in [0, 0.1) is 5.92 Å². The van der Waals surface area contributed by atoms with E-state index in [4.69, 9.17) is 0 Å². The van der Waals surface area contributed by atoms with Gasteiger partial charge in [-0.3, -0.25) is 0 Å². The van der Waals surface area contributed by atoms with E-state index in [1.54, 1.807) is 0 Å². The lowest BCUT2D eigenvalue weighted by molar-refractivity contribution is 0.0545. The molecule has 1 saturated carbocycles. The first-order chi connectivity index (χ1) is 9.08. The van der Waals surface area contributed by atoms with Gasteiger partial charge in [0.1, 0.15) is 0 Å². The van der Waals surface area contributed by atoms with E-state index in [-0.39, 0.29) is 0 Å². The molecule has 1 aliphatic carbocycles. The molecule has 2 heteroatoms. The van der Waals surface area contributed by atoms with Gasteiger partial charge in [0.25, 0.3) is 0 Å². The molecule has 1 rings (SSSR count). The predicted molar refractivity (Wildman–Crippen MR) is 85.7 cm³/mol. The van der Waals surface area contributed by atoms with Crippen molar-refractivity contribution in [2.75, 3.05) is 20.6 Å². The Balaban J connectivity index is 2.95. The van der Waals surface area contributed by atoms with Gasteiger partial charge in [0.05, 0.1) is 0 Å². The Morgan fingerprint density at radius 1 is 1.05 bits per heavy atom. The third-order valence-electron chi connectivity index (χ3n) is 5.18. The van der Waals surface area contributed by atoms with Crippen LogP contribution in [0.5, 0.6) is 0 Å². The molecule has 0 bridgehead atoms. The molecule has 1 N–H and O–H groups in total. The Morgan fingerprint density at radius 2 is 1.63 bits per heavy atom. The number of hydrogen-bond acceptors (Lipinski definition) is 2. The minimum absolute atomic E-state index is 0.376. The molecular weight excluding hydrogens is 232 g/mol. The maximum absolute atomic E-state index is 3.85. The van der Waals surface area contributed by atoms with Crippen molar-refractivity contribution in [2.45, 2.75) is 83.7 Å². The highest BCUT2D eigenvalue weighted by molar-refractivity contribution is 5.01. The molecule has 1 fully saturated rings. The zero-order valence-corrected chi connectivity index (χ0v) is 14.0. The largest absolute Gasteiger partial charge is 0.312 e. The summed E-state index contributed by atoms with van der Waals surface area (Å²) < 4.78 is 0. The van der Waals surface area contributed by atoms with Crippen molar-refractivity contribution in [1.82, 2.24) is 10.2 Å². The zero-order chi connectivity index (χ0) is 14.3. The molecule has 0 amide bonds. The molecule has 0 aromatic carbocycles. The molecule has 0 aromatic rings. The van der Waals surface area contributed by atoms with Gasteiger partial charge >= 0.3 is 0 Å². The lowest BCUT2D eigenvalue weighted by Gasteiger charge is -2.48. The lowest BCUT2D eigenvalue weighted by atomic mass is 9.74. The molecule has 0 radical (unpaired) electrons. The third kappa shape index (κ3) is 4.19. The minimum atomic E-state index is 0.376. The molecule has 114 valence electrons. The van der Waals surface area contributed by atoms with E-state index < -0.39 is 0 Å². The second kappa shape index (κ2) is 8.26. The fourth-order valence-electron chi connectivity index (χ4n) is 4.14. The van der Waals surface area contributed by atoms with Crippen LogP contribution < -0.4 is 5.32 Å². The van der Waals surface area contributed by atoms with Crippen molar-refractivity contribution in [3.05, 3.63) is 0 Å². The van der Waals surface area contributed by atoms with Gasteiger partial charge in [-0.05, 0) is 45.8 Å². The standard InChI is InChI=1S/C17H36N2/c1-6-12-15(3)16(18-7-2)17(19(4)5)13-10-8-9-11-14-17/h15-16,18H,6-14H2,1-5H3. The Bertz CT molecular complexity index is 229. The predicted octanol–water partition coefficient (Wildman–Crippen LogP) is 4.06. The number of nitrogens with one attached hydrogen (secondary N) is 1. The van der Waals surface area contributed by atoms with E-state index in [0.29, 0.717) is 11.6 Å².